The molecule has 0 radical (unpaired) electrons. The molecule has 3 aromatic rings. The molecule has 0 bridgehead atoms. The van der Waals surface area contributed by atoms with Gasteiger partial charge in [-0.3, -0.25) is 0 Å². The Bertz CT molecular complexity index is 1390. The standard InChI is InChI=1S/C37H39F3/c1-3-5-6-7-31-20-23-34(37(40)36(31)39)30-18-16-29(17-19-30)33-22-21-32(24-35(33)38)28-14-12-27(13-15-28)26-10-8-25(4-2)9-11-26/h4-6,14,16-27H,2-3,7-13,15H2,1H3/b6-5-. The molecule has 0 spiro atoms. The van der Waals surface area contributed by atoms with E-state index in [-0.39, 0.29) is 11.4 Å². The van der Waals surface area contributed by atoms with E-state index in [2.05, 4.69) is 18.7 Å². The number of hydrogen-bond donors (Lipinski definition) is 0. The summed E-state index contributed by atoms with van der Waals surface area (Å²) in [6.45, 7) is 5.96. The van der Waals surface area contributed by atoms with Crippen molar-refractivity contribution in [1.82, 2.24) is 0 Å². The van der Waals surface area contributed by atoms with Crippen LogP contribution in [0.4, 0.5) is 13.2 Å². The largest absolute Gasteiger partial charge is 0.206 e. The highest BCUT2D eigenvalue weighted by atomic mass is 19.2. The van der Waals surface area contributed by atoms with Crippen molar-refractivity contribution in [1.29, 1.82) is 0 Å². The van der Waals surface area contributed by atoms with Crippen LogP contribution in [0.5, 0.6) is 0 Å². The Kier molecular flexibility index (Phi) is 9.09. The Morgan fingerprint density at radius 1 is 0.750 bits per heavy atom. The number of rotatable bonds is 8. The minimum atomic E-state index is -0.849. The van der Waals surface area contributed by atoms with Gasteiger partial charge in [0.15, 0.2) is 11.6 Å². The summed E-state index contributed by atoms with van der Waals surface area (Å²) in [6.07, 6.45) is 17.8. The molecule has 0 aliphatic heterocycles. The average molecular weight is 541 g/mol. The van der Waals surface area contributed by atoms with Gasteiger partial charge in [0, 0.05) is 11.1 Å². The lowest BCUT2D eigenvalue weighted by Gasteiger charge is -2.34. The van der Waals surface area contributed by atoms with Crippen molar-refractivity contribution in [3.05, 3.63) is 114 Å². The van der Waals surface area contributed by atoms with Gasteiger partial charge < -0.3 is 0 Å². The van der Waals surface area contributed by atoms with Crippen molar-refractivity contribution in [3.63, 3.8) is 0 Å². The second kappa shape index (κ2) is 12.9. The molecule has 0 N–H and O–H groups in total. The molecule has 1 unspecified atom stereocenters. The van der Waals surface area contributed by atoms with Crippen LogP contribution in [0, 0.1) is 35.2 Å². The fourth-order valence-corrected chi connectivity index (χ4v) is 6.52. The van der Waals surface area contributed by atoms with Gasteiger partial charge in [-0.2, -0.15) is 0 Å². The zero-order valence-corrected chi connectivity index (χ0v) is 23.4. The predicted molar refractivity (Wildman–Crippen MR) is 161 cm³/mol. The lowest BCUT2D eigenvalue weighted by atomic mass is 9.71. The van der Waals surface area contributed by atoms with Gasteiger partial charge in [0.25, 0.3) is 0 Å². The van der Waals surface area contributed by atoms with Gasteiger partial charge in [-0.15, -0.1) is 6.58 Å². The Morgan fingerprint density at radius 2 is 1.43 bits per heavy atom. The molecule has 3 heteroatoms. The van der Waals surface area contributed by atoms with Gasteiger partial charge in [0.05, 0.1) is 0 Å². The lowest BCUT2D eigenvalue weighted by Crippen LogP contribution is -2.22. The second-order valence-electron chi connectivity index (χ2n) is 11.4. The van der Waals surface area contributed by atoms with Crippen molar-refractivity contribution in [2.75, 3.05) is 0 Å². The SMILES string of the molecule is C=CC1CCC(C2CC=C(c3ccc(-c4ccc(-c5ccc(C/C=C\CC)c(F)c5F)cc4)c(F)c3)CC2)CC1. The van der Waals surface area contributed by atoms with Crippen LogP contribution in [0.15, 0.2) is 85.5 Å². The normalized spacial score (nSPS) is 21.4. The monoisotopic (exact) mass is 540 g/mol. The molecule has 0 aromatic heterocycles. The maximum atomic E-state index is 15.3. The van der Waals surface area contributed by atoms with Crippen LogP contribution in [-0.4, -0.2) is 0 Å². The summed E-state index contributed by atoms with van der Waals surface area (Å²) in [5.74, 6) is 0.312. The van der Waals surface area contributed by atoms with Crippen molar-refractivity contribution < 1.29 is 13.2 Å². The summed E-state index contributed by atoms with van der Waals surface area (Å²) in [5.41, 5.74) is 4.52. The minimum Gasteiger partial charge on any atom is -0.206 e. The fraction of sp³-hybridized carbons (Fsp3) is 0.351. The molecule has 208 valence electrons. The molecular weight excluding hydrogens is 501 g/mol. The highest BCUT2D eigenvalue weighted by molar-refractivity contribution is 5.74. The number of benzene rings is 3. The first-order chi connectivity index (χ1) is 19.5. The first-order valence-corrected chi connectivity index (χ1v) is 14.8. The topological polar surface area (TPSA) is 0 Å². The van der Waals surface area contributed by atoms with Gasteiger partial charge in [0.2, 0.25) is 0 Å². The van der Waals surface area contributed by atoms with Crippen molar-refractivity contribution in [2.24, 2.45) is 17.8 Å². The van der Waals surface area contributed by atoms with Gasteiger partial charge in [0.1, 0.15) is 5.82 Å². The van der Waals surface area contributed by atoms with Crippen LogP contribution in [-0.2, 0) is 6.42 Å². The zero-order chi connectivity index (χ0) is 28.1. The lowest BCUT2D eigenvalue weighted by molar-refractivity contribution is 0.212. The Hall–Kier alpha value is -3.33. The Morgan fingerprint density at radius 3 is 2.05 bits per heavy atom. The molecule has 5 rings (SSSR count). The van der Waals surface area contributed by atoms with E-state index in [1.54, 1.807) is 42.5 Å². The second-order valence-corrected chi connectivity index (χ2v) is 11.4. The minimum absolute atomic E-state index is 0.208. The quantitative estimate of drug-likeness (QED) is 0.249. The van der Waals surface area contributed by atoms with E-state index in [1.165, 1.54) is 37.7 Å². The molecule has 0 amide bonds. The summed E-state index contributed by atoms with van der Waals surface area (Å²) in [6, 6.07) is 15.7. The van der Waals surface area contributed by atoms with Crippen LogP contribution in [0.2, 0.25) is 0 Å². The van der Waals surface area contributed by atoms with Crippen molar-refractivity contribution >= 4 is 5.57 Å². The summed E-state index contributed by atoms with van der Waals surface area (Å²) in [5, 5.41) is 0. The van der Waals surface area contributed by atoms with Crippen LogP contribution >= 0.6 is 0 Å². The molecule has 40 heavy (non-hydrogen) atoms. The van der Waals surface area contributed by atoms with E-state index in [9.17, 15) is 8.78 Å². The van der Waals surface area contributed by atoms with Gasteiger partial charge in [-0.25, -0.2) is 13.2 Å². The highest BCUT2D eigenvalue weighted by Gasteiger charge is 2.28. The number of allylic oxidation sites excluding steroid dienone is 5. The van der Waals surface area contributed by atoms with E-state index in [0.717, 1.165) is 36.7 Å². The van der Waals surface area contributed by atoms with Crippen LogP contribution in [0.1, 0.15) is 69.4 Å². The Balaban J connectivity index is 1.27. The predicted octanol–water partition coefficient (Wildman–Crippen LogP) is 11.1. The Labute approximate surface area is 237 Å². The third-order valence-electron chi connectivity index (χ3n) is 9.02. The molecule has 1 atom stereocenters. The molecule has 2 aliphatic carbocycles. The molecule has 1 saturated carbocycles. The van der Waals surface area contributed by atoms with Crippen LogP contribution in [0.25, 0.3) is 27.8 Å². The number of halogens is 3. The van der Waals surface area contributed by atoms with Gasteiger partial charge in [-0.05, 0) is 109 Å². The van der Waals surface area contributed by atoms with E-state index >= 15 is 4.39 Å². The first kappa shape index (κ1) is 28.2. The molecular formula is C37H39F3. The van der Waals surface area contributed by atoms with Crippen LogP contribution in [0.3, 0.4) is 0 Å². The third-order valence-corrected chi connectivity index (χ3v) is 9.02. The third kappa shape index (κ3) is 6.19. The summed E-state index contributed by atoms with van der Waals surface area (Å²) in [4.78, 5) is 0. The maximum Gasteiger partial charge on any atom is 0.166 e. The van der Waals surface area contributed by atoms with Crippen molar-refractivity contribution in [2.45, 2.75) is 64.7 Å². The summed E-state index contributed by atoms with van der Waals surface area (Å²) in [7, 11) is 0. The average Bonchev–Trinajstić information content (AvgIpc) is 3.00. The van der Waals surface area contributed by atoms with E-state index in [1.807, 2.05) is 31.2 Å². The van der Waals surface area contributed by atoms with Crippen LogP contribution < -0.4 is 0 Å². The van der Waals surface area contributed by atoms with E-state index in [0.29, 0.717) is 34.6 Å². The molecule has 1 fully saturated rings. The van der Waals surface area contributed by atoms with E-state index in [4.69, 9.17) is 0 Å². The summed E-state index contributed by atoms with van der Waals surface area (Å²) >= 11 is 0. The molecule has 0 heterocycles. The first-order valence-electron chi connectivity index (χ1n) is 14.8. The molecule has 3 aromatic carbocycles. The fourth-order valence-electron chi connectivity index (χ4n) is 6.52. The highest BCUT2D eigenvalue weighted by Crippen LogP contribution is 2.42. The molecule has 0 saturated heterocycles. The number of hydrogen-bond acceptors (Lipinski definition) is 0. The van der Waals surface area contributed by atoms with Crippen molar-refractivity contribution in [3.8, 4) is 22.3 Å². The van der Waals surface area contributed by atoms with E-state index < -0.39 is 11.6 Å². The van der Waals surface area contributed by atoms with Gasteiger partial charge >= 0.3 is 0 Å². The molecule has 0 nitrogen and oxygen atoms in total. The maximum absolute atomic E-state index is 15.3. The van der Waals surface area contributed by atoms with Gasteiger partial charge in [-0.1, -0.05) is 79.8 Å². The smallest absolute Gasteiger partial charge is 0.166 e. The molecule has 2 aliphatic rings. The summed E-state index contributed by atoms with van der Waals surface area (Å²) < 4.78 is 44.8. The zero-order valence-electron chi connectivity index (χ0n) is 23.4.